The summed E-state index contributed by atoms with van der Waals surface area (Å²) in [5.74, 6) is 0.572. The van der Waals surface area contributed by atoms with Crippen LogP contribution >= 0.6 is 11.3 Å². The highest BCUT2D eigenvalue weighted by molar-refractivity contribution is 7.18. The van der Waals surface area contributed by atoms with Gasteiger partial charge in [0.05, 0.1) is 31.3 Å². The van der Waals surface area contributed by atoms with Crippen LogP contribution in [0.2, 0.25) is 0 Å². The Kier molecular flexibility index (Phi) is 3.22. The van der Waals surface area contributed by atoms with Crippen molar-refractivity contribution in [3.05, 3.63) is 34.7 Å². The van der Waals surface area contributed by atoms with Crippen LogP contribution in [0.15, 0.2) is 29.2 Å². The minimum Gasteiger partial charge on any atom is -0.497 e. The van der Waals surface area contributed by atoms with Gasteiger partial charge in [-0.1, -0.05) is 11.3 Å². The van der Waals surface area contributed by atoms with E-state index in [4.69, 9.17) is 9.47 Å². The first-order chi connectivity index (χ1) is 10.1. The molecule has 0 saturated carbocycles. The predicted molar refractivity (Wildman–Crippen MR) is 76.4 cm³/mol. The smallest absolute Gasteiger partial charge is 0.497 e. The molecular formula is C13H10N2O5S. The number of methoxy groups -OCH3 is 2. The molecule has 3 rings (SSSR count). The topological polar surface area (TPSA) is 79.1 Å². The van der Waals surface area contributed by atoms with Crippen LogP contribution in [0.1, 0.15) is 0 Å². The van der Waals surface area contributed by atoms with E-state index in [0.717, 1.165) is 11.3 Å². The Bertz CT molecular complexity index is 899. The number of carbonyl (C=O) groups excluding carboxylic acids is 1. The van der Waals surface area contributed by atoms with Gasteiger partial charge in [-0.15, -0.1) is 0 Å². The molecule has 0 N–H and O–H groups in total. The number of carbonyl (C=O) groups is 1. The Balaban J connectivity index is 2.20. The van der Waals surface area contributed by atoms with E-state index >= 15 is 0 Å². The minimum atomic E-state index is -0.846. The number of fused-ring (bicyclic) bond motifs is 2. The summed E-state index contributed by atoms with van der Waals surface area (Å²) >= 11 is 1.08. The molecule has 0 spiro atoms. The lowest BCUT2D eigenvalue weighted by atomic mass is 10.2. The van der Waals surface area contributed by atoms with E-state index in [1.165, 1.54) is 24.8 Å². The molecule has 0 atom stereocenters. The number of ether oxygens (including phenoxy) is 3. The second-order valence-corrected chi connectivity index (χ2v) is 5.03. The normalized spacial score (nSPS) is 10.8. The first-order valence-corrected chi connectivity index (χ1v) is 6.70. The van der Waals surface area contributed by atoms with Crippen molar-refractivity contribution < 1.29 is 19.0 Å². The zero-order valence-corrected chi connectivity index (χ0v) is 12.0. The van der Waals surface area contributed by atoms with Crippen molar-refractivity contribution in [2.24, 2.45) is 0 Å². The van der Waals surface area contributed by atoms with E-state index in [0.29, 0.717) is 21.6 Å². The van der Waals surface area contributed by atoms with Crippen LogP contribution in [0.25, 0.3) is 15.9 Å². The molecule has 0 aliphatic rings. The molecule has 2 heterocycles. The summed E-state index contributed by atoms with van der Waals surface area (Å²) in [4.78, 5) is 28.3. The lowest BCUT2D eigenvalue weighted by Crippen LogP contribution is -2.13. The molecule has 0 radical (unpaired) electrons. The highest BCUT2D eigenvalue weighted by Crippen LogP contribution is 2.25. The number of hydrogen-bond donors (Lipinski definition) is 0. The van der Waals surface area contributed by atoms with Crippen LogP contribution in [0.5, 0.6) is 10.8 Å². The van der Waals surface area contributed by atoms with E-state index in [1.54, 1.807) is 18.2 Å². The Morgan fingerprint density at radius 1 is 1.33 bits per heavy atom. The van der Waals surface area contributed by atoms with Crippen molar-refractivity contribution in [2.75, 3.05) is 14.2 Å². The summed E-state index contributed by atoms with van der Waals surface area (Å²) in [6.07, 6.45) is 0.561. The molecule has 1 aromatic carbocycles. The zero-order chi connectivity index (χ0) is 15.0. The lowest BCUT2D eigenvalue weighted by molar-refractivity contribution is 0.122. The Labute approximate surface area is 122 Å². The summed E-state index contributed by atoms with van der Waals surface area (Å²) in [5, 5.41) is 0.656. The van der Waals surface area contributed by atoms with Crippen LogP contribution in [-0.2, 0) is 4.74 Å². The molecule has 0 aliphatic carbocycles. The highest BCUT2D eigenvalue weighted by Gasteiger charge is 2.13. The van der Waals surface area contributed by atoms with Crippen LogP contribution in [0.3, 0.4) is 0 Å². The van der Waals surface area contributed by atoms with Crippen molar-refractivity contribution in [3.8, 4) is 10.8 Å². The van der Waals surface area contributed by atoms with Gasteiger partial charge in [-0.3, -0.25) is 9.20 Å². The van der Waals surface area contributed by atoms with Crippen molar-refractivity contribution in [1.29, 1.82) is 0 Å². The number of hydrogen-bond acceptors (Lipinski definition) is 7. The second-order valence-electron chi connectivity index (χ2n) is 4.06. The largest absolute Gasteiger partial charge is 0.514 e. The minimum absolute atomic E-state index is 0.230. The van der Waals surface area contributed by atoms with Crippen molar-refractivity contribution in [2.45, 2.75) is 0 Å². The Morgan fingerprint density at radius 2 is 2.14 bits per heavy atom. The third kappa shape index (κ3) is 2.29. The number of aromatic nitrogens is 2. The first-order valence-electron chi connectivity index (χ1n) is 5.88. The maximum absolute atomic E-state index is 12.4. The van der Waals surface area contributed by atoms with Gasteiger partial charge in [0.2, 0.25) is 10.0 Å². The molecule has 21 heavy (non-hydrogen) atoms. The average Bonchev–Trinajstić information content (AvgIpc) is 2.89. The van der Waals surface area contributed by atoms with E-state index in [-0.39, 0.29) is 10.6 Å². The molecule has 7 nitrogen and oxygen atoms in total. The lowest BCUT2D eigenvalue weighted by Gasteiger charge is -2.01. The summed E-state index contributed by atoms with van der Waals surface area (Å²) in [6.45, 7) is 0. The van der Waals surface area contributed by atoms with Crippen molar-refractivity contribution in [3.63, 3.8) is 0 Å². The maximum Gasteiger partial charge on any atom is 0.514 e. The fraction of sp³-hybridized carbons (Fsp3) is 0.154. The van der Waals surface area contributed by atoms with Crippen LogP contribution in [0.4, 0.5) is 4.79 Å². The fourth-order valence-corrected chi connectivity index (χ4v) is 2.69. The summed E-state index contributed by atoms with van der Waals surface area (Å²) in [6, 6.07) is 5.05. The molecule has 8 heteroatoms. The van der Waals surface area contributed by atoms with E-state index in [1.807, 2.05) is 0 Å². The molecule has 0 fully saturated rings. The van der Waals surface area contributed by atoms with Crippen LogP contribution in [-0.4, -0.2) is 29.8 Å². The van der Waals surface area contributed by atoms with Gasteiger partial charge >= 0.3 is 6.16 Å². The van der Waals surface area contributed by atoms with Gasteiger partial charge in [0, 0.05) is 0 Å². The van der Waals surface area contributed by atoms with Gasteiger partial charge in [0.1, 0.15) is 5.75 Å². The third-order valence-electron chi connectivity index (χ3n) is 2.85. The summed E-state index contributed by atoms with van der Waals surface area (Å²) in [7, 11) is 2.73. The Hall–Kier alpha value is -2.61. The van der Waals surface area contributed by atoms with Crippen molar-refractivity contribution in [1.82, 2.24) is 9.38 Å². The monoisotopic (exact) mass is 306 g/mol. The van der Waals surface area contributed by atoms with E-state index in [2.05, 4.69) is 9.72 Å². The molecule has 3 aromatic rings. The van der Waals surface area contributed by atoms with Gasteiger partial charge in [-0.2, -0.15) is 0 Å². The predicted octanol–water partition coefficient (Wildman–Crippen LogP) is 2.06. The molecule has 0 amide bonds. The molecule has 2 aromatic heterocycles. The zero-order valence-electron chi connectivity index (χ0n) is 11.2. The quantitative estimate of drug-likeness (QED) is 0.674. The average molecular weight is 306 g/mol. The van der Waals surface area contributed by atoms with Gasteiger partial charge in [-0.05, 0) is 18.2 Å². The van der Waals surface area contributed by atoms with Gasteiger partial charge < -0.3 is 14.2 Å². The standard InChI is InChI=1S/C13H10N2O5S/c1-18-7-3-4-9-8(5-7)11(16)15-6-10(20-13(17)19-2)21-12(15)14-9/h3-6H,1-2H3. The van der Waals surface area contributed by atoms with Gasteiger partial charge in [-0.25, -0.2) is 9.78 Å². The second kappa shape index (κ2) is 5.06. The van der Waals surface area contributed by atoms with E-state index in [9.17, 15) is 9.59 Å². The molecule has 0 bridgehead atoms. The highest BCUT2D eigenvalue weighted by atomic mass is 32.1. The maximum atomic E-state index is 12.4. The number of thiazole rings is 1. The van der Waals surface area contributed by atoms with Crippen LogP contribution in [0, 0.1) is 0 Å². The summed E-state index contributed by atoms with van der Waals surface area (Å²) in [5.41, 5.74) is 0.289. The van der Waals surface area contributed by atoms with Gasteiger partial charge in [0.15, 0.2) is 0 Å². The summed E-state index contributed by atoms with van der Waals surface area (Å²) < 4.78 is 15.7. The number of rotatable bonds is 2. The third-order valence-corrected chi connectivity index (χ3v) is 3.71. The number of nitrogens with zero attached hydrogens (tertiary/aromatic N) is 2. The van der Waals surface area contributed by atoms with E-state index < -0.39 is 6.16 Å². The molecule has 108 valence electrons. The first kappa shape index (κ1) is 13.4. The van der Waals surface area contributed by atoms with Gasteiger partial charge in [0.25, 0.3) is 5.56 Å². The molecule has 0 aliphatic heterocycles. The van der Waals surface area contributed by atoms with Crippen molar-refractivity contribution >= 4 is 33.4 Å². The molecular weight excluding hydrogens is 296 g/mol. The SMILES string of the molecule is COC(=O)Oc1cn2c(=O)c3cc(OC)ccc3nc2s1. The number of benzene rings is 1. The molecule has 0 saturated heterocycles. The molecule has 0 unspecified atom stereocenters. The van der Waals surface area contributed by atoms with Crippen LogP contribution < -0.4 is 15.0 Å². The Morgan fingerprint density at radius 3 is 2.86 bits per heavy atom. The fourth-order valence-electron chi connectivity index (χ4n) is 1.86.